The van der Waals surface area contributed by atoms with Crippen LogP contribution < -0.4 is 5.32 Å². The number of aryl methyl sites for hydroxylation is 1. The van der Waals surface area contributed by atoms with Gasteiger partial charge in [0.25, 0.3) is 5.91 Å². The quantitative estimate of drug-likeness (QED) is 0.848. The second-order valence-corrected chi connectivity index (χ2v) is 4.90. The lowest BCUT2D eigenvalue weighted by Crippen LogP contribution is -2.13. The van der Waals surface area contributed by atoms with Gasteiger partial charge in [0.15, 0.2) is 0 Å². The molecule has 0 saturated heterocycles. The molecule has 0 spiro atoms. The van der Waals surface area contributed by atoms with Crippen LogP contribution in [0.1, 0.15) is 21.6 Å². The van der Waals surface area contributed by atoms with E-state index in [0.29, 0.717) is 12.1 Å². The number of fused-ring (bicyclic) bond motifs is 1. The number of carbonyl (C=O) groups is 1. The van der Waals surface area contributed by atoms with Gasteiger partial charge in [0.05, 0.1) is 5.56 Å². The van der Waals surface area contributed by atoms with Gasteiger partial charge in [-0.3, -0.25) is 4.79 Å². The van der Waals surface area contributed by atoms with Gasteiger partial charge in [-0.15, -0.1) is 0 Å². The van der Waals surface area contributed by atoms with Gasteiger partial charge in [0.2, 0.25) is 0 Å². The van der Waals surface area contributed by atoms with Crippen molar-refractivity contribution >= 4 is 21.8 Å². The van der Waals surface area contributed by atoms with Crippen LogP contribution in [-0.2, 0) is 6.54 Å². The van der Waals surface area contributed by atoms with Crippen LogP contribution in [0.4, 0.5) is 0 Å². The number of aromatic nitrogens is 2. The summed E-state index contributed by atoms with van der Waals surface area (Å²) in [5, 5.41) is 2.83. The van der Waals surface area contributed by atoms with E-state index in [4.69, 9.17) is 0 Å². The Kier molecular flexibility index (Phi) is 2.29. The van der Waals surface area contributed by atoms with Crippen LogP contribution in [0.5, 0.6) is 0 Å². The summed E-state index contributed by atoms with van der Waals surface area (Å²) in [5.41, 5.74) is 3.55. The van der Waals surface area contributed by atoms with Gasteiger partial charge < -0.3 is 10.3 Å². The van der Waals surface area contributed by atoms with Crippen LogP contribution in [0.3, 0.4) is 0 Å². The van der Waals surface area contributed by atoms with Crippen LogP contribution in [0, 0.1) is 6.92 Å². The van der Waals surface area contributed by atoms with Crippen LogP contribution >= 0.6 is 15.9 Å². The maximum Gasteiger partial charge on any atom is 0.252 e. The van der Waals surface area contributed by atoms with E-state index in [1.54, 1.807) is 6.20 Å². The number of H-pyrrole nitrogens is 1. The Balaban J connectivity index is 2.25. The minimum atomic E-state index is -0.0367. The van der Waals surface area contributed by atoms with Crippen molar-refractivity contribution in [3.8, 4) is 11.4 Å². The molecule has 2 N–H and O–H groups in total. The van der Waals surface area contributed by atoms with E-state index in [9.17, 15) is 4.79 Å². The van der Waals surface area contributed by atoms with E-state index in [2.05, 4.69) is 31.2 Å². The Morgan fingerprint density at radius 2 is 2.24 bits per heavy atom. The van der Waals surface area contributed by atoms with Crippen molar-refractivity contribution in [2.24, 2.45) is 0 Å². The Labute approximate surface area is 107 Å². The van der Waals surface area contributed by atoms with Crippen molar-refractivity contribution in [2.75, 3.05) is 0 Å². The molecule has 3 rings (SSSR count). The van der Waals surface area contributed by atoms with Gasteiger partial charge in [-0.25, -0.2) is 4.98 Å². The molecule has 1 amide bonds. The number of carbonyl (C=O) groups excluding carboxylic acids is 1. The SMILES string of the molecule is Cc1cnc(-c2ccc(Br)c3c2C(=O)NC3)[nH]1. The van der Waals surface area contributed by atoms with Crippen LogP contribution in [0.25, 0.3) is 11.4 Å². The molecule has 0 atom stereocenters. The highest BCUT2D eigenvalue weighted by Crippen LogP contribution is 2.32. The van der Waals surface area contributed by atoms with Gasteiger partial charge in [0, 0.05) is 28.5 Å². The van der Waals surface area contributed by atoms with E-state index >= 15 is 0 Å². The molecule has 2 aromatic rings. The summed E-state index contributed by atoms with van der Waals surface area (Å²) in [5.74, 6) is 0.702. The van der Waals surface area contributed by atoms with Crippen molar-refractivity contribution in [3.63, 3.8) is 0 Å². The Morgan fingerprint density at radius 3 is 2.94 bits per heavy atom. The molecular formula is C12H10BrN3O. The lowest BCUT2D eigenvalue weighted by atomic mass is 10.0. The average molecular weight is 292 g/mol. The number of halogens is 1. The first-order valence-electron chi connectivity index (χ1n) is 5.28. The first-order valence-corrected chi connectivity index (χ1v) is 6.07. The number of nitrogens with one attached hydrogen (secondary N) is 2. The summed E-state index contributed by atoms with van der Waals surface area (Å²) in [7, 11) is 0. The topological polar surface area (TPSA) is 57.8 Å². The molecule has 86 valence electrons. The zero-order valence-electron chi connectivity index (χ0n) is 9.17. The monoisotopic (exact) mass is 291 g/mol. The fraction of sp³-hybridized carbons (Fsp3) is 0.167. The third kappa shape index (κ3) is 1.58. The van der Waals surface area contributed by atoms with Crippen LogP contribution in [0.15, 0.2) is 22.8 Å². The molecule has 1 aromatic heterocycles. The smallest absolute Gasteiger partial charge is 0.252 e. The second kappa shape index (κ2) is 3.70. The van der Waals surface area contributed by atoms with E-state index in [1.807, 2.05) is 19.1 Å². The van der Waals surface area contributed by atoms with Crippen LogP contribution in [0.2, 0.25) is 0 Å². The van der Waals surface area contributed by atoms with Gasteiger partial charge in [-0.05, 0) is 24.6 Å². The first-order chi connectivity index (χ1) is 8.16. The van der Waals surface area contributed by atoms with E-state index in [-0.39, 0.29) is 5.91 Å². The molecule has 17 heavy (non-hydrogen) atoms. The molecule has 0 radical (unpaired) electrons. The lowest BCUT2D eigenvalue weighted by molar-refractivity contribution is 0.0966. The maximum absolute atomic E-state index is 11.8. The standard InChI is InChI=1S/C12H10BrN3O/c1-6-4-14-11(16-6)7-2-3-9(13)8-5-15-12(17)10(7)8/h2-4H,5H2,1H3,(H,14,16)(H,15,17). The Hall–Kier alpha value is -1.62. The third-order valence-corrected chi connectivity index (χ3v) is 3.61. The van der Waals surface area contributed by atoms with Gasteiger partial charge >= 0.3 is 0 Å². The molecule has 1 aromatic carbocycles. The molecule has 0 fully saturated rings. The fourth-order valence-corrected chi connectivity index (χ4v) is 2.53. The van der Waals surface area contributed by atoms with E-state index in [1.165, 1.54) is 0 Å². The van der Waals surface area contributed by atoms with Gasteiger partial charge in [0.1, 0.15) is 5.82 Å². The molecule has 0 unspecified atom stereocenters. The first kappa shape index (κ1) is 10.5. The normalized spacial score (nSPS) is 13.6. The predicted octanol–water partition coefficient (Wildman–Crippen LogP) is 2.39. The van der Waals surface area contributed by atoms with Crippen molar-refractivity contribution in [1.29, 1.82) is 0 Å². The number of benzene rings is 1. The molecule has 5 heteroatoms. The number of nitrogens with zero attached hydrogens (tertiary/aromatic N) is 1. The molecular weight excluding hydrogens is 282 g/mol. The molecule has 0 bridgehead atoms. The Bertz CT molecular complexity index is 618. The molecule has 2 heterocycles. The summed E-state index contributed by atoms with van der Waals surface area (Å²) in [6.07, 6.45) is 1.76. The minimum Gasteiger partial charge on any atom is -0.348 e. The summed E-state index contributed by atoms with van der Waals surface area (Å²) in [6, 6.07) is 3.86. The average Bonchev–Trinajstić information content (AvgIpc) is 2.88. The molecule has 1 aliphatic heterocycles. The molecule has 0 saturated carbocycles. The number of hydrogen-bond acceptors (Lipinski definition) is 2. The fourth-order valence-electron chi connectivity index (χ4n) is 2.06. The second-order valence-electron chi connectivity index (χ2n) is 4.05. The molecule has 1 aliphatic rings. The minimum absolute atomic E-state index is 0.0367. The van der Waals surface area contributed by atoms with Crippen molar-refractivity contribution < 1.29 is 4.79 Å². The highest BCUT2D eigenvalue weighted by atomic mass is 79.9. The highest BCUT2D eigenvalue weighted by molar-refractivity contribution is 9.10. The summed E-state index contributed by atoms with van der Waals surface area (Å²) < 4.78 is 0.956. The van der Waals surface area contributed by atoms with E-state index < -0.39 is 0 Å². The summed E-state index contributed by atoms with van der Waals surface area (Å²) in [6.45, 7) is 2.51. The maximum atomic E-state index is 11.8. The van der Waals surface area contributed by atoms with Crippen LogP contribution in [-0.4, -0.2) is 15.9 Å². The number of imidazole rings is 1. The van der Waals surface area contributed by atoms with E-state index in [0.717, 1.165) is 27.1 Å². The van der Waals surface area contributed by atoms with Crippen molar-refractivity contribution in [1.82, 2.24) is 15.3 Å². The number of amides is 1. The highest BCUT2D eigenvalue weighted by Gasteiger charge is 2.26. The zero-order chi connectivity index (χ0) is 12.0. The zero-order valence-corrected chi connectivity index (χ0v) is 10.8. The van der Waals surface area contributed by atoms with Crippen molar-refractivity contribution in [2.45, 2.75) is 13.5 Å². The Morgan fingerprint density at radius 1 is 1.41 bits per heavy atom. The summed E-state index contributed by atoms with van der Waals surface area (Å²) in [4.78, 5) is 19.3. The summed E-state index contributed by atoms with van der Waals surface area (Å²) >= 11 is 3.46. The predicted molar refractivity (Wildman–Crippen MR) is 67.6 cm³/mol. The number of aromatic amines is 1. The van der Waals surface area contributed by atoms with Gasteiger partial charge in [-0.1, -0.05) is 15.9 Å². The van der Waals surface area contributed by atoms with Gasteiger partial charge in [-0.2, -0.15) is 0 Å². The molecule has 0 aliphatic carbocycles. The third-order valence-electron chi connectivity index (χ3n) is 2.87. The largest absolute Gasteiger partial charge is 0.348 e. The number of hydrogen-bond donors (Lipinski definition) is 2. The lowest BCUT2D eigenvalue weighted by Gasteiger charge is -2.05. The number of rotatable bonds is 1. The van der Waals surface area contributed by atoms with Crippen molar-refractivity contribution in [3.05, 3.63) is 39.6 Å². The molecule has 4 nitrogen and oxygen atoms in total.